The molecule has 0 saturated carbocycles. The molecule has 1 heterocycles. The Balaban J connectivity index is 1.68. The van der Waals surface area contributed by atoms with E-state index < -0.39 is 0 Å². The Bertz CT molecular complexity index is 790. The number of thioether (sulfide) groups is 1. The van der Waals surface area contributed by atoms with Gasteiger partial charge >= 0.3 is 0 Å². The van der Waals surface area contributed by atoms with Crippen molar-refractivity contribution in [1.82, 2.24) is 4.90 Å². The molecule has 3 nitrogen and oxygen atoms in total. The van der Waals surface area contributed by atoms with Crippen LogP contribution in [0.2, 0.25) is 10.0 Å². The molecule has 136 valence electrons. The van der Waals surface area contributed by atoms with E-state index in [1.165, 1.54) is 0 Å². The standard InChI is InChI=1S/C20H20Cl2N2OS/c1-2-24(12-14-7-4-3-5-8-14)20(25)18-13-26-19(23-18)11-15-16(21)9-6-10-17(15)22/h3-10,18H,2,11-13H2,1H3. The number of hydrogen-bond acceptors (Lipinski definition) is 3. The lowest BCUT2D eigenvalue weighted by molar-refractivity contribution is -0.132. The second kappa shape index (κ2) is 8.94. The van der Waals surface area contributed by atoms with Crippen LogP contribution in [0.3, 0.4) is 0 Å². The lowest BCUT2D eigenvalue weighted by Crippen LogP contribution is -2.38. The number of rotatable bonds is 6. The Morgan fingerprint density at radius 2 is 1.85 bits per heavy atom. The Labute approximate surface area is 168 Å². The highest BCUT2D eigenvalue weighted by atomic mass is 35.5. The molecule has 1 aliphatic heterocycles. The molecule has 0 spiro atoms. The van der Waals surface area contributed by atoms with Crippen molar-refractivity contribution in [2.75, 3.05) is 12.3 Å². The molecule has 0 fully saturated rings. The third-order valence-corrected chi connectivity index (χ3v) is 6.07. The van der Waals surface area contributed by atoms with E-state index >= 15 is 0 Å². The SMILES string of the molecule is CCN(Cc1ccccc1)C(=O)C1CSC(Cc2c(Cl)cccc2Cl)=N1. The van der Waals surface area contributed by atoms with Crippen molar-refractivity contribution in [3.05, 3.63) is 69.7 Å². The van der Waals surface area contributed by atoms with Gasteiger partial charge in [0.15, 0.2) is 0 Å². The van der Waals surface area contributed by atoms with Gasteiger partial charge in [0.1, 0.15) is 6.04 Å². The second-order valence-electron chi connectivity index (χ2n) is 6.06. The Morgan fingerprint density at radius 1 is 1.15 bits per heavy atom. The number of carbonyl (C=O) groups is 1. The normalized spacial score (nSPS) is 16.4. The summed E-state index contributed by atoms with van der Waals surface area (Å²) in [6, 6.07) is 15.2. The molecule has 1 atom stereocenters. The van der Waals surface area contributed by atoms with E-state index in [2.05, 4.69) is 4.99 Å². The highest BCUT2D eigenvalue weighted by molar-refractivity contribution is 8.14. The fraction of sp³-hybridized carbons (Fsp3) is 0.300. The fourth-order valence-corrected chi connectivity index (χ4v) is 4.41. The summed E-state index contributed by atoms with van der Waals surface area (Å²) >= 11 is 14.1. The van der Waals surface area contributed by atoms with E-state index in [9.17, 15) is 4.79 Å². The van der Waals surface area contributed by atoms with Crippen LogP contribution in [0.4, 0.5) is 0 Å². The van der Waals surface area contributed by atoms with Crippen molar-refractivity contribution in [2.45, 2.75) is 25.9 Å². The van der Waals surface area contributed by atoms with Gasteiger partial charge in [0.2, 0.25) is 5.91 Å². The molecule has 6 heteroatoms. The van der Waals surface area contributed by atoms with Crippen molar-refractivity contribution in [3.8, 4) is 0 Å². The summed E-state index contributed by atoms with van der Waals surface area (Å²) in [7, 11) is 0. The van der Waals surface area contributed by atoms with Gasteiger partial charge < -0.3 is 4.90 Å². The predicted molar refractivity (Wildman–Crippen MR) is 111 cm³/mol. The number of amides is 1. The minimum absolute atomic E-state index is 0.0732. The monoisotopic (exact) mass is 406 g/mol. The Morgan fingerprint density at radius 3 is 2.50 bits per heavy atom. The molecule has 26 heavy (non-hydrogen) atoms. The molecule has 0 bridgehead atoms. The van der Waals surface area contributed by atoms with Gasteiger partial charge in [0.25, 0.3) is 0 Å². The minimum Gasteiger partial charge on any atom is -0.337 e. The van der Waals surface area contributed by atoms with E-state index in [-0.39, 0.29) is 11.9 Å². The minimum atomic E-state index is -0.333. The van der Waals surface area contributed by atoms with Gasteiger partial charge in [-0.2, -0.15) is 0 Å². The first-order valence-corrected chi connectivity index (χ1v) is 10.3. The third kappa shape index (κ3) is 4.61. The first-order chi connectivity index (χ1) is 12.6. The van der Waals surface area contributed by atoms with Crippen LogP contribution in [0.5, 0.6) is 0 Å². The molecule has 3 rings (SSSR count). The topological polar surface area (TPSA) is 32.7 Å². The number of carbonyl (C=O) groups excluding carboxylic acids is 1. The predicted octanol–water partition coefficient (Wildman–Crippen LogP) is 5.10. The van der Waals surface area contributed by atoms with Crippen LogP contribution in [0, 0.1) is 0 Å². The molecule has 0 N–H and O–H groups in total. The molecular formula is C20H20Cl2N2OS. The van der Waals surface area contributed by atoms with Crippen molar-refractivity contribution >= 4 is 45.9 Å². The molecule has 1 amide bonds. The lowest BCUT2D eigenvalue weighted by Gasteiger charge is -2.23. The summed E-state index contributed by atoms with van der Waals surface area (Å²) in [6.07, 6.45) is 0.567. The quantitative estimate of drug-likeness (QED) is 0.668. The molecule has 0 radical (unpaired) electrons. The molecule has 2 aromatic carbocycles. The van der Waals surface area contributed by atoms with Gasteiger partial charge in [-0.1, -0.05) is 59.6 Å². The number of aliphatic imine (C=N–C) groups is 1. The van der Waals surface area contributed by atoms with E-state index in [1.807, 2.05) is 60.4 Å². The zero-order valence-electron chi connectivity index (χ0n) is 14.5. The smallest absolute Gasteiger partial charge is 0.248 e. The molecular weight excluding hydrogens is 387 g/mol. The first kappa shape index (κ1) is 19.3. The second-order valence-corrected chi connectivity index (χ2v) is 7.97. The van der Waals surface area contributed by atoms with Crippen LogP contribution in [0.25, 0.3) is 0 Å². The average molecular weight is 407 g/mol. The van der Waals surface area contributed by atoms with Gasteiger partial charge in [-0.25, -0.2) is 0 Å². The molecule has 0 aromatic heterocycles. The summed E-state index contributed by atoms with van der Waals surface area (Å²) in [5.41, 5.74) is 1.99. The summed E-state index contributed by atoms with van der Waals surface area (Å²) in [5, 5.41) is 2.18. The molecule has 2 aromatic rings. The maximum Gasteiger partial charge on any atom is 0.248 e. The van der Waals surface area contributed by atoms with Gasteiger partial charge in [0.05, 0.1) is 5.04 Å². The Hall–Kier alpha value is -1.49. The summed E-state index contributed by atoms with van der Waals surface area (Å²) in [5.74, 6) is 0.741. The van der Waals surface area contributed by atoms with Gasteiger partial charge in [-0.15, -0.1) is 11.8 Å². The maximum atomic E-state index is 12.9. The van der Waals surface area contributed by atoms with Crippen molar-refractivity contribution < 1.29 is 4.79 Å². The largest absolute Gasteiger partial charge is 0.337 e. The third-order valence-electron chi connectivity index (χ3n) is 4.29. The van der Waals surface area contributed by atoms with Gasteiger partial charge in [-0.05, 0) is 30.2 Å². The van der Waals surface area contributed by atoms with Crippen LogP contribution < -0.4 is 0 Å². The van der Waals surface area contributed by atoms with Crippen molar-refractivity contribution in [1.29, 1.82) is 0 Å². The highest BCUT2D eigenvalue weighted by Crippen LogP contribution is 2.29. The van der Waals surface area contributed by atoms with Crippen LogP contribution in [-0.2, 0) is 17.8 Å². The molecule has 1 unspecified atom stereocenters. The van der Waals surface area contributed by atoms with E-state index in [0.717, 1.165) is 16.2 Å². The number of likely N-dealkylation sites (N-methyl/N-ethyl adjacent to an activating group) is 1. The van der Waals surface area contributed by atoms with E-state index in [0.29, 0.717) is 35.3 Å². The zero-order chi connectivity index (χ0) is 18.5. The van der Waals surface area contributed by atoms with Crippen molar-refractivity contribution in [2.24, 2.45) is 4.99 Å². The van der Waals surface area contributed by atoms with Gasteiger partial charge in [-0.3, -0.25) is 9.79 Å². The fourth-order valence-electron chi connectivity index (χ4n) is 2.86. The molecule has 1 aliphatic rings. The van der Waals surface area contributed by atoms with E-state index in [4.69, 9.17) is 23.2 Å². The van der Waals surface area contributed by atoms with Crippen molar-refractivity contribution in [3.63, 3.8) is 0 Å². The Kier molecular flexibility index (Phi) is 6.63. The van der Waals surface area contributed by atoms with Crippen LogP contribution in [0.15, 0.2) is 53.5 Å². The summed E-state index contributed by atoms with van der Waals surface area (Å²) < 4.78 is 0. The number of benzene rings is 2. The maximum absolute atomic E-state index is 12.9. The van der Waals surface area contributed by atoms with Gasteiger partial charge in [0, 0.05) is 35.3 Å². The number of nitrogens with zero attached hydrogens (tertiary/aromatic N) is 2. The van der Waals surface area contributed by atoms with Crippen LogP contribution in [-0.4, -0.2) is 34.2 Å². The molecule has 0 aliphatic carbocycles. The first-order valence-electron chi connectivity index (χ1n) is 8.53. The number of hydrogen-bond donors (Lipinski definition) is 0. The molecule has 0 saturated heterocycles. The summed E-state index contributed by atoms with van der Waals surface area (Å²) in [4.78, 5) is 19.4. The van der Waals surface area contributed by atoms with E-state index in [1.54, 1.807) is 11.8 Å². The average Bonchev–Trinajstić information content (AvgIpc) is 3.12. The van der Waals surface area contributed by atoms with Crippen LogP contribution in [0.1, 0.15) is 18.1 Å². The lowest BCUT2D eigenvalue weighted by atomic mass is 10.1. The number of halogens is 2. The summed E-state index contributed by atoms with van der Waals surface area (Å²) in [6.45, 7) is 3.27. The van der Waals surface area contributed by atoms with Crippen LogP contribution >= 0.6 is 35.0 Å². The zero-order valence-corrected chi connectivity index (χ0v) is 16.8. The highest BCUT2D eigenvalue weighted by Gasteiger charge is 2.29.